The molecule has 1 amide bonds. The summed E-state index contributed by atoms with van der Waals surface area (Å²) in [5.74, 6) is -0.433. The van der Waals surface area contributed by atoms with Crippen LogP contribution in [0.2, 0.25) is 0 Å². The predicted molar refractivity (Wildman–Crippen MR) is 166 cm³/mol. The molecule has 0 spiro atoms. The van der Waals surface area contributed by atoms with Gasteiger partial charge >= 0.3 is 12.1 Å². The number of carbonyl (C=O) groups is 3. The molecule has 0 atom stereocenters. The fourth-order valence-corrected chi connectivity index (χ4v) is 3.47. The molecule has 1 saturated carbocycles. The number of rotatable bonds is 22. The summed E-state index contributed by atoms with van der Waals surface area (Å²) in [6, 6.07) is 0.179. The summed E-state index contributed by atoms with van der Waals surface area (Å²) in [7, 11) is 0. The Hall–Kier alpha value is -1.70. The van der Waals surface area contributed by atoms with Gasteiger partial charge in [0.05, 0.1) is 72.5 Å². The average molecular weight is 614 g/mol. The van der Waals surface area contributed by atoms with Gasteiger partial charge in [0.15, 0.2) is 0 Å². The van der Waals surface area contributed by atoms with Crippen molar-refractivity contribution in [1.82, 2.24) is 5.32 Å². The Morgan fingerprint density at radius 3 is 1.49 bits per heavy atom. The molecular formula is C29H59NO10S. The molecule has 1 fully saturated rings. The van der Waals surface area contributed by atoms with E-state index < -0.39 is 12.1 Å². The highest BCUT2D eigenvalue weighted by Crippen LogP contribution is 2.22. The molecule has 0 saturated heterocycles. The Kier molecular flexibility index (Phi) is 35.0. The molecule has 0 bridgehead atoms. The maximum Gasteiger partial charge on any atom is 0.407 e. The number of hydrogen-bond donors (Lipinski definition) is 2. The number of carbonyl (C=O) groups excluding carboxylic acids is 3. The lowest BCUT2D eigenvalue weighted by Crippen LogP contribution is -2.38. The summed E-state index contributed by atoms with van der Waals surface area (Å²) in [4.78, 5) is 33.8. The second-order valence-electron chi connectivity index (χ2n) is 8.68. The van der Waals surface area contributed by atoms with Crippen LogP contribution in [-0.2, 0) is 42.7 Å². The monoisotopic (exact) mass is 613 g/mol. The molecule has 41 heavy (non-hydrogen) atoms. The van der Waals surface area contributed by atoms with Gasteiger partial charge in [-0.15, -0.1) is 6.58 Å². The number of Topliss-reactive ketones (excluding diaryl/α,β-unsaturated/α-hetero) is 1. The standard InChI is InChI=1S/C24H43NO10S.C3H6.2CH4.H2/c1-20(26)2-7-23(27)34-18-16-32-14-12-30-10-8-29-9-11-31-13-15-33-17-19-35-24(28)25-21-3-5-22(36)6-4-21;1-3-2;;;/h21-22,36H,2-19H2,1H3,(H,25,28);3H,1H2,2H3;2*1H4;1H. The maximum atomic E-state index is 11.7. The van der Waals surface area contributed by atoms with Crippen molar-refractivity contribution in [3.8, 4) is 0 Å². The van der Waals surface area contributed by atoms with E-state index in [1.165, 1.54) is 6.92 Å². The normalized spacial score (nSPS) is 15.7. The van der Waals surface area contributed by atoms with Crippen LogP contribution in [0.15, 0.2) is 12.7 Å². The summed E-state index contributed by atoms with van der Waals surface area (Å²) < 4.78 is 36.9. The van der Waals surface area contributed by atoms with E-state index in [-0.39, 0.29) is 60.8 Å². The number of alkyl carbamates (subject to hydrolysis) is 1. The zero-order valence-corrected chi connectivity index (χ0v) is 24.6. The van der Waals surface area contributed by atoms with E-state index in [4.69, 9.17) is 33.2 Å². The van der Waals surface area contributed by atoms with Gasteiger partial charge in [0.25, 0.3) is 0 Å². The van der Waals surface area contributed by atoms with Crippen molar-refractivity contribution in [2.24, 2.45) is 0 Å². The second kappa shape index (κ2) is 32.8. The van der Waals surface area contributed by atoms with Crippen molar-refractivity contribution in [3.05, 3.63) is 12.7 Å². The fraction of sp³-hybridized carbons (Fsp3) is 0.828. The van der Waals surface area contributed by atoms with Crippen molar-refractivity contribution < 1.29 is 49.0 Å². The molecule has 0 aromatic rings. The first-order valence-electron chi connectivity index (χ1n) is 13.6. The van der Waals surface area contributed by atoms with Gasteiger partial charge in [-0.2, -0.15) is 12.6 Å². The van der Waals surface area contributed by atoms with E-state index in [9.17, 15) is 14.4 Å². The lowest BCUT2D eigenvalue weighted by molar-refractivity contribution is -0.146. The molecule has 0 aromatic heterocycles. The van der Waals surface area contributed by atoms with Crippen LogP contribution in [0.25, 0.3) is 0 Å². The highest BCUT2D eigenvalue weighted by Gasteiger charge is 2.20. The van der Waals surface area contributed by atoms with Crippen LogP contribution in [0.5, 0.6) is 0 Å². The Morgan fingerprint density at radius 1 is 0.732 bits per heavy atom. The van der Waals surface area contributed by atoms with Crippen molar-refractivity contribution in [1.29, 1.82) is 0 Å². The Labute approximate surface area is 255 Å². The smallest absolute Gasteiger partial charge is 0.407 e. The molecule has 0 heterocycles. The van der Waals surface area contributed by atoms with E-state index in [2.05, 4.69) is 24.5 Å². The minimum Gasteiger partial charge on any atom is -0.463 e. The van der Waals surface area contributed by atoms with E-state index in [0.29, 0.717) is 64.7 Å². The number of hydrogen-bond acceptors (Lipinski definition) is 11. The van der Waals surface area contributed by atoms with Crippen LogP contribution in [0, 0.1) is 0 Å². The topological polar surface area (TPSA) is 128 Å². The molecule has 0 unspecified atom stereocenters. The molecule has 1 aliphatic rings. The number of esters is 1. The van der Waals surface area contributed by atoms with Crippen LogP contribution in [0.1, 0.15) is 68.7 Å². The molecule has 246 valence electrons. The van der Waals surface area contributed by atoms with E-state index in [1.54, 1.807) is 6.08 Å². The minimum atomic E-state index is -0.396. The predicted octanol–water partition coefficient (Wildman–Crippen LogP) is 4.66. The van der Waals surface area contributed by atoms with Crippen molar-refractivity contribution in [2.45, 2.75) is 78.5 Å². The highest BCUT2D eigenvalue weighted by atomic mass is 32.1. The zero-order chi connectivity index (χ0) is 29.0. The largest absolute Gasteiger partial charge is 0.463 e. The first-order valence-corrected chi connectivity index (χ1v) is 14.1. The van der Waals surface area contributed by atoms with E-state index in [0.717, 1.165) is 25.7 Å². The van der Waals surface area contributed by atoms with Crippen molar-refractivity contribution in [2.75, 3.05) is 79.3 Å². The van der Waals surface area contributed by atoms with Gasteiger partial charge in [-0.05, 0) is 39.5 Å². The van der Waals surface area contributed by atoms with Crippen LogP contribution in [-0.4, -0.2) is 108 Å². The van der Waals surface area contributed by atoms with Gasteiger partial charge in [-0.25, -0.2) is 4.79 Å². The number of allylic oxidation sites excluding steroid dienone is 1. The summed E-state index contributed by atoms with van der Waals surface area (Å²) in [5, 5.41) is 3.32. The van der Waals surface area contributed by atoms with Gasteiger partial charge in [0, 0.05) is 19.1 Å². The van der Waals surface area contributed by atoms with Gasteiger partial charge in [0.2, 0.25) is 0 Å². The number of thiol groups is 1. The molecule has 1 rings (SSSR count). The lowest BCUT2D eigenvalue weighted by atomic mass is 9.95. The number of ether oxygens (including phenoxy) is 7. The SMILES string of the molecule is C.C.C=CC.CC(=O)CCC(=O)OCCOCCOCCOCCOCCOCCOC(=O)NC1CCC(S)CC1.[HH]. The third-order valence-corrected chi connectivity index (χ3v) is 5.66. The van der Waals surface area contributed by atoms with Gasteiger partial charge in [-0.3, -0.25) is 4.79 Å². The number of amides is 1. The average Bonchev–Trinajstić information content (AvgIpc) is 2.90. The van der Waals surface area contributed by atoms with Gasteiger partial charge in [0.1, 0.15) is 19.0 Å². The van der Waals surface area contributed by atoms with Crippen molar-refractivity contribution in [3.63, 3.8) is 0 Å². The van der Waals surface area contributed by atoms with Crippen LogP contribution in [0.4, 0.5) is 4.79 Å². The minimum absolute atomic E-state index is 0. The maximum absolute atomic E-state index is 11.7. The van der Waals surface area contributed by atoms with E-state index >= 15 is 0 Å². The summed E-state index contributed by atoms with van der Waals surface area (Å²) >= 11 is 4.45. The molecule has 12 heteroatoms. The third kappa shape index (κ3) is 32.7. The summed E-state index contributed by atoms with van der Waals surface area (Å²) in [6.45, 7) is 11.1. The lowest BCUT2D eigenvalue weighted by Gasteiger charge is -2.26. The molecule has 0 aromatic carbocycles. The Morgan fingerprint density at radius 2 is 1.10 bits per heavy atom. The fourth-order valence-electron chi connectivity index (χ4n) is 3.17. The highest BCUT2D eigenvalue weighted by molar-refractivity contribution is 7.80. The third-order valence-electron chi connectivity index (χ3n) is 5.14. The molecular weight excluding hydrogens is 554 g/mol. The molecule has 1 N–H and O–H groups in total. The summed E-state index contributed by atoms with van der Waals surface area (Å²) in [5.41, 5.74) is 0. The Balaban J connectivity index is -0.00000115. The van der Waals surface area contributed by atoms with Gasteiger partial charge in [-0.1, -0.05) is 20.9 Å². The summed E-state index contributed by atoms with van der Waals surface area (Å²) in [6.07, 6.45) is 5.57. The second-order valence-corrected chi connectivity index (χ2v) is 9.41. The number of nitrogens with one attached hydrogen (secondary N) is 1. The van der Waals surface area contributed by atoms with Crippen LogP contribution < -0.4 is 5.32 Å². The van der Waals surface area contributed by atoms with Crippen molar-refractivity contribution >= 4 is 30.5 Å². The first kappa shape index (κ1) is 43.7. The van der Waals surface area contributed by atoms with E-state index in [1.807, 2.05) is 6.92 Å². The molecule has 1 aliphatic carbocycles. The quantitative estimate of drug-likeness (QED) is 0.0770. The first-order chi connectivity index (χ1) is 18.9. The van der Waals surface area contributed by atoms with Crippen LogP contribution >= 0.6 is 12.6 Å². The zero-order valence-electron chi connectivity index (χ0n) is 23.7. The Bertz CT molecular complexity index is 638. The van der Waals surface area contributed by atoms with Gasteiger partial charge < -0.3 is 43.3 Å². The molecule has 0 aliphatic heterocycles. The molecule has 11 nitrogen and oxygen atoms in total. The number of ketones is 1. The molecule has 0 radical (unpaired) electrons. The van der Waals surface area contributed by atoms with Crippen LogP contribution in [0.3, 0.4) is 0 Å².